The molecule has 0 bridgehead atoms. The third-order valence-electron chi connectivity index (χ3n) is 5.03. The van der Waals surface area contributed by atoms with Crippen molar-refractivity contribution in [1.82, 2.24) is 0 Å². The number of ether oxygens (including phenoxy) is 3. The van der Waals surface area contributed by atoms with Crippen LogP contribution >= 0.6 is 0 Å². The van der Waals surface area contributed by atoms with Crippen LogP contribution in [-0.4, -0.2) is 26.0 Å². The summed E-state index contributed by atoms with van der Waals surface area (Å²) in [6.07, 6.45) is 13.3. The van der Waals surface area contributed by atoms with Crippen LogP contribution in [0, 0.1) is 0 Å². The molecule has 1 aromatic carbocycles. The summed E-state index contributed by atoms with van der Waals surface area (Å²) >= 11 is 0. The minimum atomic E-state index is 0.0384. The molecule has 30 heavy (non-hydrogen) atoms. The van der Waals surface area contributed by atoms with Crippen LogP contribution in [0.25, 0.3) is 0 Å². The molecular formula is C26H41NO3. The van der Waals surface area contributed by atoms with Gasteiger partial charge in [0, 0.05) is 19.0 Å². The predicted octanol–water partition coefficient (Wildman–Crippen LogP) is 7.45. The van der Waals surface area contributed by atoms with Crippen LogP contribution in [0.3, 0.4) is 0 Å². The number of methoxy groups -OCH3 is 1. The third kappa shape index (κ3) is 9.17. The van der Waals surface area contributed by atoms with Crippen LogP contribution in [0.2, 0.25) is 0 Å². The Morgan fingerprint density at radius 3 is 2.60 bits per heavy atom. The molecule has 1 aromatic rings. The van der Waals surface area contributed by atoms with E-state index in [2.05, 4.69) is 37.6 Å². The Morgan fingerprint density at radius 2 is 1.97 bits per heavy atom. The Labute approximate surface area is 184 Å². The minimum Gasteiger partial charge on any atom is -0.493 e. The number of hydrogen-bond donors (Lipinski definition) is 0. The summed E-state index contributed by atoms with van der Waals surface area (Å²) in [7, 11) is 1.69. The normalized spacial score (nSPS) is 15.6. The van der Waals surface area contributed by atoms with Crippen molar-refractivity contribution in [2.45, 2.75) is 84.8 Å². The fourth-order valence-electron chi connectivity index (χ4n) is 3.45. The van der Waals surface area contributed by atoms with Crippen molar-refractivity contribution >= 4 is 6.21 Å². The van der Waals surface area contributed by atoms with Crippen LogP contribution in [0.4, 0.5) is 0 Å². The summed E-state index contributed by atoms with van der Waals surface area (Å²) in [5, 5.41) is 0. The SMILES string of the molecule is C=CN=C/C=C(\C)CCC(OCCC)c1ccc(OC)c(OC2CCCC2)c1.CC. The summed E-state index contributed by atoms with van der Waals surface area (Å²) in [6.45, 7) is 12.6. The van der Waals surface area contributed by atoms with E-state index in [1.165, 1.54) is 18.4 Å². The highest BCUT2D eigenvalue weighted by Gasteiger charge is 2.20. The fourth-order valence-corrected chi connectivity index (χ4v) is 3.45. The standard InChI is InChI=1S/C24H35NO3.C2H6/c1-5-17-27-22(13-11-19(3)15-16-25-6-2)20-12-14-23(26-4)24(18-20)28-21-9-7-8-10-21;1-2/h6,12,14-16,18,21-22H,2,5,7-11,13,17H2,1,3-4H3;1-2H3/b19-15+,25-16?;. The highest BCUT2D eigenvalue weighted by Crippen LogP contribution is 2.36. The van der Waals surface area contributed by atoms with Crippen molar-refractivity contribution in [3.05, 3.63) is 48.2 Å². The molecule has 0 saturated heterocycles. The molecular weight excluding hydrogens is 374 g/mol. The number of allylic oxidation sites excluding steroid dienone is 2. The topological polar surface area (TPSA) is 40.0 Å². The molecule has 1 unspecified atom stereocenters. The quantitative estimate of drug-likeness (QED) is 0.333. The van der Waals surface area contributed by atoms with Gasteiger partial charge in [-0.3, -0.25) is 4.99 Å². The molecule has 1 saturated carbocycles. The van der Waals surface area contributed by atoms with Crippen molar-refractivity contribution < 1.29 is 14.2 Å². The number of nitrogens with zero attached hydrogens (tertiary/aromatic N) is 1. The van der Waals surface area contributed by atoms with E-state index in [-0.39, 0.29) is 6.10 Å². The first-order valence-corrected chi connectivity index (χ1v) is 11.4. The molecule has 1 aliphatic carbocycles. The maximum absolute atomic E-state index is 6.26. The molecule has 0 amide bonds. The first kappa shape index (κ1) is 26.0. The Kier molecular flexibility index (Phi) is 13.6. The zero-order chi connectivity index (χ0) is 22.2. The van der Waals surface area contributed by atoms with Gasteiger partial charge in [-0.15, -0.1) is 0 Å². The van der Waals surface area contributed by atoms with Gasteiger partial charge >= 0.3 is 0 Å². The third-order valence-corrected chi connectivity index (χ3v) is 5.03. The van der Waals surface area contributed by atoms with Gasteiger partial charge in [0.25, 0.3) is 0 Å². The van der Waals surface area contributed by atoms with Crippen LogP contribution in [0.15, 0.2) is 47.6 Å². The van der Waals surface area contributed by atoms with E-state index in [0.29, 0.717) is 6.10 Å². The van der Waals surface area contributed by atoms with Crippen molar-refractivity contribution in [2.24, 2.45) is 4.99 Å². The molecule has 1 fully saturated rings. The molecule has 1 aliphatic rings. The predicted molar refractivity (Wildman–Crippen MR) is 128 cm³/mol. The molecule has 4 nitrogen and oxygen atoms in total. The average molecular weight is 416 g/mol. The Balaban J connectivity index is 0.00000218. The largest absolute Gasteiger partial charge is 0.493 e. The van der Waals surface area contributed by atoms with E-state index >= 15 is 0 Å². The number of hydrogen-bond acceptors (Lipinski definition) is 4. The second-order valence-corrected chi connectivity index (χ2v) is 7.33. The van der Waals surface area contributed by atoms with Gasteiger partial charge in [-0.05, 0) is 75.6 Å². The Morgan fingerprint density at radius 1 is 1.23 bits per heavy atom. The van der Waals surface area contributed by atoms with Crippen LogP contribution in [0.1, 0.15) is 84.3 Å². The zero-order valence-corrected chi connectivity index (χ0v) is 19.7. The van der Waals surface area contributed by atoms with Gasteiger partial charge in [0.05, 0.1) is 19.3 Å². The molecule has 0 aliphatic heterocycles. The highest BCUT2D eigenvalue weighted by molar-refractivity contribution is 5.72. The second-order valence-electron chi connectivity index (χ2n) is 7.33. The second kappa shape index (κ2) is 15.7. The number of benzene rings is 1. The lowest BCUT2D eigenvalue weighted by Gasteiger charge is -2.21. The van der Waals surface area contributed by atoms with E-state index in [9.17, 15) is 0 Å². The van der Waals surface area contributed by atoms with E-state index in [1.807, 2.05) is 26.0 Å². The van der Waals surface area contributed by atoms with Crippen molar-refractivity contribution in [3.63, 3.8) is 0 Å². The molecule has 0 aromatic heterocycles. The molecule has 1 atom stereocenters. The molecule has 0 heterocycles. The Bertz CT molecular complexity index is 660. The lowest BCUT2D eigenvalue weighted by Crippen LogP contribution is -2.12. The van der Waals surface area contributed by atoms with Crippen LogP contribution in [-0.2, 0) is 4.74 Å². The first-order valence-electron chi connectivity index (χ1n) is 11.4. The summed E-state index contributed by atoms with van der Waals surface area (Å²) in [5.41, 5.74) is 2.42. The van der Waals surface area contributed by atoms with E-state index < -0.39 is 0 Å². The van der Waals surface area contributed by atoms with Crippen molar-refractivity contribution in [1.29, 1.82) is 0 Å². The van der Waals surface area contributed by atoms with Crippen molar-refractivity contribution in [3.8, 4) is 11.5 Å². The first-order chi connectivity index (χ1) is 14.7. The van der Waals surface area contributed by atoms with Crippen molar-refractivity contribution in [2.75, 3.05) is 13.7 Å². The fraction of sp³-hybridized carbons (Fsp3) is 0.577. The molecule has 0 radical (unpaired) electrons. The molecule has 4 heteroatoms. The number of rotatable bonds is 12. The highest BCUT2D eigenvalue weighted by atomic mass is 16.5. The lowest BCUT2D eigenvalue weighted by molar-refractivity contribution is 0.0469. The summed E-state index contributed by atoms with van der Waals surface area (Å²) in [4.78, 5) is 4.03. The molecule has 0 spiro atoms. The summed E-state index contributed by atoms with van der Waals surface area (Å²) in [5.74, 6) is 1.63. The monoisotopic (exact) mass is 415 g/mol. The van der Waals surface area contributed by atoms with E-state index in [4.69, 9.17) is 14.2 Å². The zero-order valence-electron chi connectivity index (χ0n) is 19.7. The van der Waals surface area contributed by atoms with Gasteiger partial charge in [-0.25, -0.2) is 0 Å². The Hall–Kier alpha value is -2.07. The summed E-state index contributed by atoms with van der Waals surface area (Å²) in [6, 6.07) is 6.20. The van der Waals surface area contributed by atoms with Gasteiger partial charge in [0.2, 0.25) is 0 Å². The minimum absolute atomic E-state index is 0.0384. The maximum Gasteiger partial charge on any atom is 0.161 e. The smallest absolute Gasteiger partial charge is 0.161 e. The van der Waals surface area contributed by atoms with Crippen LogP contribution < -0.4 is 9.47 Å². The van der Waals surface area contributed by atoms with E-state index in [1.54, 1.807) is 19.5 Å². The molecule has 168 valence electrons. The lowest BCUT2D eigenvalue weighted by atomic mass is 10.0. The summed E-state index contributed by atoms with van der Waals surface area (Å²) < 4.78 is 18.0. The molecule has 2 rings (SSSR count). The van der Waals surface area contributed by atoms with E-state index in [0.717, 1.165) is 55.8 Å². The van der Waals surface area contributed by atoms with Gasteiger partial charge in [-0.1, -0.05) is 39.0 Å². The molecule has 0 N–H and O–H groups in total. The number of aliphatic imine (C=N–C) groups is 1. The van der Waals surface area contributed by atoms with Gasteiger partial charge < -0.3 is 14.2 Å². The maximum atomic E-state index is 6.26. The van der Waals surface area contributed by atoms with Gasteiger partial charge in [0.1, 0.15) is 0 Å². The van der Waals surface area contributed by atoms with Gasteiger partial charge in [0.15, 0.2) is 11.5 Å². The van der Waals surface area contributed by atoms with Gasteiger partial charge in [-0.2, -0.15) is 0 Å². The van der Waals surface area contributed by atoms with Crippen LogP contribution in [0.5, 0.6) is 11.5 Å². The average Bonchev–Trinajstić information content (AvgIpc) is 3.28.